The second-order valence-electron chi connectivity index (χ2n) is 5.09. The number of aryl methyl sites for hydroxylation is 1. The molecule has 0 aliphatic rings. The van der Waals surface area contributed by atoms with E-state index in [9.17, 15) is 4.39 Å². The molecule has 2 aromatic carbocycles. The van der Waals surface area contributed by atoms with Crippen LogP contribution in [-0.2, 0) is 13.0 Å². The van der Waals surface area contributed by atoms with Crippen molar-refractivity contribution in [2.45, 2.75) is 26.9 Å². The van der Waals surface area contributed by atoms with Gasteiger partial charge in [-0.1, -0.05) is 37.3 Å². The minimum Gasteiger partial charge on any atom is -0.486 e. The molecule has 1 N–H and O–H groups in total. The first-order valence-corrected chi connectivity index (χ1v) is 7.37. The van der Waals surface area contributed by atoms with Gasteiger partial charge in [-0.05, 0) is 55.3 Å². The molecule has 0 amide bonds. The van der Waals surface area contributed by atoms with Gasteiger partial charge < -0.3 is 10.1 Å². The summed E-state index contributed by atoms with van der Waals surface area (Å²) in [6.45, 7) is 6.31. The fourth-order valence-electron chi connectivity index (χ4n) is 2.22. The highest BCUT2D eigenvalue weighted by molar-refractivity contribution is 5.31. The maximum absolute atomic E-state index is 13.7. The van der Waals surface area contributed by atoms with E-state index in [1.165, 1.54) is 11.6 Å². The lowest BCUT2D eigenvalue weighted by molar-refractivity contribution is 0.289. The zero-order chi connectivity index (χ0) is 15.1. The Morgan fingerprint density at radius 3 is 2.62 bits per heavy atom. The first-order valence-electron chi connectivity index (χ1n) is 7.37. The van der Waals surface area contributed by atoms with Gasteiger partial charge in [-0.15, -0.1) is 0 Å². The lowest BCUT2D eigenvalue weighted by atomic mass is 10.1. The summed E-state index contributed by atoms with van der Waals surface area (Å²) in [4.78, 5) is 0. The molecule has 0 aliphatic carbocycles. The number of benzene rings is 2. The van der Waals surface area contributed by atoms with Gasteiger partial charge in [-0.3, -0.25) is 0 Å². The minimum atomic E-state index is -0.314. The maximum atomic E-state index is 13.7. The molecule has 3 heteroatoms. The lowest BCUT2D eigenvalue weighted by Gasteiger charge is -2.12. The third-order valence-electron chi connectivity index (χ3n) is 3.41. The summed E-state index contributed by atoms with van der Waals surface area (Å²) in [5.74, 6) is 0.00205. The molecule has 0 saturated carbocycles. The Labute approximate surface area is 126 Å². The molecule has 0 atom stereocenters. The summed E-state index contributed by atoms with van der Waals surface area (Å²) >= 11 is 0. The van der Waals surface area contributed by atoms with E-state index in [0.29, 0.717) is 12.4 Å². The van der Waals surface area contributed by atoms with Crippen LogP contribution in [0.15, 0.2) is 42.5 Å². The molecule has 2 rings (SSSR count). The first-order chi connectivity index (χ1) is 10.2. The molecule has 2 aromatic rings. The fourth-order valence-corrected chi connectivity index (χ4v) is 2.22. The van der Waals surface area contributed by atoms with Crippen LogP contribution in [0.3, 0.4) is 0 Å². The summed E-state index contributed by atoms with van der Waals surface area (Å²) in [7, 11) is 0. The normalized spacial score (nSPS) is 10.6. The van der Waals surface area contributed by atoms with Crippen LogP contribution >= 0.6 is 0 Å². The van der Waals surface area contributed by atoms with E-state index < -0.39 is 0 Å². The minimum absolute atomic E-state index is 0.314. The molecular weight excluding hydrogens is 265 g/mol. The highest BCUT2D eigenvalue weighted by atomic mass is 19.1. The van der Waals surface area contributed by atoms with Gasteiger partial charge in [0.05, 0.1) is 0 Å². The van der Waals surface area contributed by atoms with Crippen LogP contribution in [0.1, 0.15) is 23.6 Å². The van der Waals surface area contributed by atoms with E-state index in [0.717, 1.165) is 30.6 Å². The van der Waals surface area contributed by atoms with Gasteiger partial charge in [-0.25, -0.2) is 4.39 Å². The summed E-state index contributed by atoms with van der Waals surface area (Å²) in [5, 5.41) is 3.31. The Bertz CT molecular complexity index is 583. The molecular formula is C18H22FNO. The van der Waals surface area contributed by atoms with Crippen LogP contribution in [0.5, 0.6) is 5.75 Å². The number of halogens is 1. The second-order valence-corrected chi connectivity index (χ2v) is 5.09. The van der Waals surface area contributed by atoms with Crippen LogP contribution < -0.4 is 10.1 Å². The number of hydrogen-bond donors (Lipinski definition) is 1. The van der Waals surface area contributed by atoms with Crippen molar-refractivity contribution < 1.29 is 9.13 Å². The van der Waals surface area contributed by atoms with Crippen molar-refractivity contribution in [1.29, 1.82) is 0 Å². The standard InChI is InChI=1S/C18H22FNO/c1-3-20-11-10-15-6-4-5-7-16(15)13-21-18-12-14(2)8-9-17(18)19/h4-9,12,20H,3,10-11,13H2,1-2H3. The van der Waals surface area contributed by atoms with Crippen LogP contribution in [0, 0.1) is 12.7 Å². The van der Waals surface area contributed by atoms with Crippen molar-refractivity contribution in [3.63, 3.8) is 0 Å². The van der Waals surface area contributed by atoms with E-state index in [-0.39, 0.29) is 5.82 Å². The summed E-state index contributed by atoms with van der Waals surface area (Å²) in [6, 6.07) is 13.1. The molecule has 2 nitrogen and oxygen atoms in total. The molecule has 0 spiro atoms. The van der Waals surface area contributed by atoms with Crippen LogP contribution in [-0.4, -0.2) is 13.1 Å². The van der Waals surface area contributed by atoms with E-state index in [2.05, 4.69) is 18.3 Å². The molecule has 0 aromatic heterocycles. The Hall–Kier alpha value is -1.87. The number of nitrogens with one attached hydrogen (secondary N) is 1. The van der Waals surface area contributed by atoms with E-state index in [4.69, 9.17) is 4.74 Å². The molecule has 112 valence electrons. The largest absolute Gasteiger partial charge is 0.486 e. The van der Waals surface area contributed by atoms with Gasteiger partial charge in [0.2, 0.25) is 0 Å². The van der Waals surface area contributed by atoms with Crippen molar-refractivity contribution in [3.8, 4) is 5.75 Å². The predicted molar refractivity (Wildman–Crippen MR) is 84.2 cm³/mol. The quantitative estimate of drug-likeness (QED) is 0.781. The maximum Gasteiger partial charge on any atom is 0.165 e. The van der Waals surface area contributed by atoms with Gasteiger partial charge in [0.1, 0.15) is 6.61 Å². The van der Waals surface area contributed by atoms with Gasteiger partial charge in [0, 0.05) is 0 Å². The number of rotatable bonds is 7. The molecule has 0 bridgehead atoms. The molecule has 0 saturated heterocycles. The Kier molecular flexibility index (Phi) is 5.76. The van der Waals surface area contributed by atoms with E-state index in [1.54, 1.807) is 12.1 Å². The Balaban J connectivity index is 2.04. The molecule has 21 heavy (non-hydrogen) atoms. The van der Waals surface area contributed by atoms with Gasteiger partial charge in [0.25, 0.3) is 0 Å². The smallest absolute Gasteiger partial charge is 0.165 e. The zero-order valence-electron chi connectivity index (χ0n) is 12.7. The van der Waals surface area contributed by atoms with Crippen LogP contribution in [0.25, 0.3) is 0 Å². The highest BCUT2D eigenvalue weighted by Crippen LogP contribution is 2.20. The Morgan fingerprint density at radius 1 is 1.10 bits per heavy atom. The van der Waals surface area contributed by atoms with Crippen molar-refractivity contribution >= 4 is 0 Å². The van der Waals surface area contributed by atoms with E-state index in [1.807, 2.05) is 25.1 Å². The monoisotopic (exact) mass is 287 g/mol. The predicted octanol–water partition coefficient (Wildman–Crippen LogP) is 3.87. The van der Waals surface area contributed by atoms with Crippen molar-refractivity contribution in [2.24, 2.45) is 0 Å². The second kappa shape index (κ2) is 7.79. The Morgan fingerprint density at radius 2 is 1.86 bits per heavy atom. The SMILES string of the molecule is CCNCCc1ccccc1COc1cc(C)ccc1F. The van der Waals surface area contributed by atoms with Crippen molar-refractivity contribution in [3.05, 3.63) is 65.0 Å². The van der Waals surface area contributed by atoms with E-state index >= 15 is 0 Å². The van der Waals surface area contributed by atoms with Crippen LogP contribution in [0.4, 0.5) is 4.39 Å². The summed E-state index contributed by atoms with van der Waals surface area (Å²) < 4.78 is 19.3. The van der Waals surface area contributed by atoms with Gasteiger partial charge in [-0.2, -0.15) is 0 Å². The van der Waals surface area contributed by atoms with Crippen molar-refractivity contribution in [1.82, 2.24) is 5.32 Å². The summed E-state index contributed by atoms with van der Waals surface area (Å²) in [5.41, 5.74) is 3.34. The average Bonchev–Trinajstić information content (AvgIpc) is 2.49. The number of likely N-dealkylation sites (N-methyl/N-ethyl adjacent to an activating group) is 1. The molecule has 0 radical (unpaired) electrons. The van der Waals surface area contributed by atoms with Crippen LogP contribution in [0.2, 0.25) is 0 Å². The number of hydrogen-bond acceptors (Lipinski definition) is 2. The number of ether oxygens (including phenoxy) is 1. The highest BCUT2D eigenvalue weighted by Gasteiger charge is 2.06. The summed E-state index contributed by atoms with van der Waals surface area (Å²) in [6.07, 6.45) is 0.948. The lowest BCUT2D eigenvalue weighted by Crippen LogP contribution is -2.17. The third-order valence-corrected chi connectivity index (χ3v) is 3.41. The molecule has 0 unspecified atom stereocenters. The third kappa shape index (κ3) is 4.57. The fraction of sp³-hybridized carbons (Fsp3) is 0.333. The zero-order valence-corrected chi connectivity index (χ0v) is 12.7. The van der Waals surface area contributed by atoms with Gasteiger partial charge >= 0.3 is 0 Å². The molecule has 0 aliphatic heterocycles. The average molecular weight is 287 g/mol. The molecule has 0 fully saturated rings. The molecule has 0 heterocycles. The van der Waals surface area contributed by atoms with Gasteiger partial charge in [0.15, 0.2) is 11.6 Å². The first kappa shape index (κ1) is 15.5. The van der Waals surface area contributed by atoms with Crippen molar-refractivity contribution in [2.75, 3.05) is 13.1 Å². The topological polar surface area (TPSA) is 21.3 Å².